The summed E-state index contributed by atoms with van der Waals surface area (Å²) in [6.07, 6.45) is 5.22. The van der Waals surface area contributed by atoms with E-state index in [1.54, 1.807) is 0 Å². The molecule has 1 aliphatic rings. The van der Waals surface area contributed by atoms with Crippen molar-refractivity contribution in [1.82, 2.24) is 4.90 Å². The highest BCUT2D eigenvalue weighted by Gasteiger charge is 2.16. The predicted octanol–water partition coefficient (Wildman–Crippen LogP) is 2.09. The van der Waals surface area contributed by atoms with E-state index < -0.39 is 0 Å². The van der Waals surface area contributed by atoms with Crippen LogP contribution in [0.1, 0.15) is 39.0 Å². The number of Topliss-reactive ketones (excluding diaryl/α,β-unsaturated/α-hetero) is 1. The summed E-state index contributed by atoms with van der Waals surface area (Å²) in [5.74, 6) is 1.24. The van der Waals surface area contributed by atoms with Gasteiger partial charge < -0.3 is 4.90 Å². The number of rotatable bonds is 4. The summed E-state index contributed by atoms with van der Waals surface area (Å²) in [5.41, 5.74) is 0. The molecule has 0 aromatic carbocycles. The van der Waals surface area contributed by atoms with E-state index in [1.165, 1.54) is 25.9 Å². The number of piperidine rings is 1. The quantitative estimate of drug-likeness (QED) is 0.665. The van der Waals surface area contributed by atoms with Crippen molar-refractivity contribution in [2.45, 2.75) is 39.0 Å². The van der Waals surface area contributed by atoms with Crippen molar-refractivity contribution in [3.05, 3.63) is 0 Å². The van der Waals surface area contributed by atoms with E-state index in [1.807, 2.05) is 6.92 Å². The molecule has 0 amide bonds. The molecule has 1 fully saturated rings. The normalized spacial score (nSPS) is 20.5. The highest BCUT2D eigenvalue weighted by Crippen LogP contribution is 2.21. The number of carbonyl (C=O) groups is 1. The molecule has 0 radical (unpaired) electrons. The van der Waals surface area contributed by atoms with Crippen molar-refractivity contribution in [3.8, 4) is 0 Å². The molecule has 76 valence electrons. The van der Waals surface area contributed by atoms with Gasteiger partial charge in [0.05, 0.1) is 0 Å². The van der Waals surface area contributed by atoms with E-state index in [0.717, 1.165) is 18.8 Å². The summed E-state index contributed by atoms with van der Waals surface area (Å²) in [7, 11) is 2.17. The second-order valence-corrected chi connectivity index (χ2v) is 4.18. The number of nitrogens with zero attached hydrogens (tertiary/aromatic N) is 1. The van der Waals surface area contributed by atoms with Crippen LogP contribution in [0.3, 0.4) is 0 Å². The summed E-state index contributed by atoms with van der Waals surface area (Å²) in [4.78, 5) is 13.5. The first-order valence-electron chi connectivity index (χ1n) is 5.42. The maximum Gasteiger partial charge on any atom is 0.132 e. The molecule has 0 spiro atoms. The summed E-state index contributed by atoms with van der Waals surface area (Å²) < 4.78 is 0. The molecular weight excluding hydrogens is 162 g/mol. The summed E-state index contributed by atoms with van der Waals surface area (Å²) in [6, 6.07) is 0. The Labute approximate surface area is 81.3 Å². The van der Waals surface area contributed by atoms with E-state index in [0.29, 0.717) is 12.2 Å². The Morgan fingerprint density at radius 1 is 1.38 bits per heavy atom. The maximum absolute atomic E-state index is 11.1. The molecule has 1 saturated heterocycles. The van der Waals surface area contributed by atoms with Crippen LogP contribution >= 0.6 is 0 Å². The molecular formula is C11H21NO. The maximum atomic E-state index is 11.1. The zero-order valence-electron chi connectivity index (χ0n) is 8.88. The van der Waals surface area contributed by atoms with Crippen molar-refractivity contribution in [2.24, 2.45) is 5.92 Å². The predicted molar refractivity (Wildman–Crippen MR) is 54.8 cm³/mol. The molecule has 0 aliphatic carbocycles. The van der Waals surface area contributed by atoms with Crippen molar-refractivity contribution < 1.29 is 4.79 Å². The highest BCUT2D eigenvalue weighted by molar-refractivity contribution is 5.77. The molecule has 0 unspecified atom stereocenters. The third-order valence-corrected chi connectivity index (χ3v) is 3.06. The number of carbonyl (C=O) groups excluding carboxylic acids is 1. The van der Waals surface area contributed by atoms with Crippen LogP contribution in [0, 0.1) is 5.92 Å². The Morgan fingerprint density at radius 2 is 2.00 bits per heavy atom. The molecule has 0 N–H and O–H groups in total. The minimum Gasteiger partial charge on any atom is -0.306 e. The Balaban J connectivity index is 2.12. The average Bonchev–Trinajstić information content (AvgIpc) is 2.16. The standard InChI is InChI=1S/C11H21NO/c1-3-11(13)5-4-10-6-8-12(2)9-7-10/h10H,3-9H2,1-2H3. The highest BCUT2D eigenvalue weighted by atomic mass is 16.1. The Hall–Kier alpha value is -0.370. The SMILES string of the molecule is CCC(=O)CCC1CCN(C)CC1. The summed E-state index contributed by atoms with van der Waals surface area (Å²) >= 11 is 0. The van der Waals surface area contributed by atoms with Gasteiger partial charge in [-0.2, -0.15) is 0 Å². The van der Waals surface area contributed by atoms with Gasteiger partial charge in [0.25, 0.3) is 0 Å². The number of ketones is 1. The fourth-order valence-electron chi connectivity index (χ4n) is 1.89. The Bertz CT molecular complexity index is 159. The molecule has 0 saturated carbocycles. The van der Waals surface area contributed by atoms with Crippen LogP contribution in [-0.2, 0) is 4.79 Å². The lowest BCUT2D eigenvalue weighted by atomic mass is 9.91. The first-order valence-corrected chi connectivity index (χ1v) is 5.42. The van der Waals surface area contributed by atoms with Gasteiger partial charge >= 0.3 is 0 Å². The fraction of sp³-hybridized carbons (Fsp3) is 0.909. The molecule has 1 rings (SSSR count). The van der Waals surface area contributed by atoms with E-state index >= 15 is 0 Å². The largest absolute Gasteiger partial charge is 0.306 e. The van der Waals surface area contributed by atoms with Gasteiger partial charge in [0, 0.05) is 12.8 Å². The molecule has 0 aromatic heterocycles. The zero-order chi connectivity index (χ0) is 9.68. The van der Waals surface area contributed by atoms with Crippen LogP contribution in [0.15, 0.2) is 0 Å². The topological polar surface area (TPSA) is 20.3 Å². The molecule has 2 nitrogen and oxygen atoms in total. The number of hydrogen-bond donors (Lipinski definition) is 0. The Kier molecular flexibility index (Phi) is 4.43. The van der Waals surface area contributed by atoms with Crippen LogP contribution in [-0.4, -0.2) is 30.8 Å². The lowest BCUT2D eigenvalue weighted by Gasteiger charge is -2.28. The molecule has 1 heterocycles. The molecule has 2 heteroatoms. The van der Waals surface area contributed by atoms with Crippen LogP contribution in [0.4, 0.5) is 0 Å². The zero-order valence-corrected chi connectivity index (χ0v) is 8.88. The van der Waals surface area contributed by atoms with Gasteiger partial charge in [-0.3, -0.25) is 4.79 Å². The second-order valence-electron chi connectivity index (χ2n) is 4.18. The lowest BCUT2D eigenvalue weighted by Crippen LogP contribution is -2.30. The van der Waals surface area contributed by atoms with Crippen molar-refractivity contribution in [3.63, 3.8) is 0 Å². The van der Waals surface area contributed by atoms with Crippen LogP contribution in [0.25, 0.3) is 0 Å². The molecule has 0 bridgehead atoms. The van der Waals surface area contributed by atoms with E-state index in [-0.39, 0.29) is 0 Å². The van der Waals surface area contributed by atoms with Gasteiger partial charge in [-0.25, -0.2) is 0 Å². The van der Waals surface area contributed by atoms with Crippen molar-refractivity contribution >= 4 is 5.78 Å². The van der Waals surface area contributed by atoms with Crippen LogP contribution < -0.4 is 0 Å². The molecule has 0 atom stereocenters. The van der Waals surface area contributed by atoms with Gasteiger partial charge in [-0.15, -0.1) is 0 Å². The van der Waals surface area contributed by atoms with Gasteiger partial charge in [-0.1, -0.05) is 6.92 Å². The number of hydrogen-bond acceptors (Lipinski definition) is 2. The van der Waals surface area contributed by atoms with Crippen LogP contribution in [0.5, 0.6) is 0 Å². The summed E-state index contributed by atoms with van der Waals surface area (Å²) in [5, 5.41) is 0. The van der Waals surface area contributed by atoms with Gasteiger partial charge in [0.15, 0.2) is 0 Å². The third kappa shape index (κ3) is 3.90. The monoisotopic (exact) mass is 183 g/mol. The van der Waals surface area contributed by atoms with E-state index in [2.05, 4.69) is 11.9 Å². The smallest absolute Gasteiger partial charge is 0.132 e. The minimum atomic E-state index is 0.430. The lowest BCUT2D eigenvalue weighted by molar-refractivity contribution is -0.119. The minimum absolute atomic E-state index is 0.430. The summed E-state index contributed by atoms with van der Waals surface area (Å²) in [6.45, 7) is 4.38. The number of likely N-dealkylation sites (tertiary alicyclic amines) is 1. The van der Waals surface area contributed by atoms with E-state index in [9.17, 15) is 4.79 Å². The molecule has 13 heavy (non-hydrogen) atoms. The Morgan fingerprint density at radius 3 is 2.54 bits per heavy atom. The molecule has 1 aliphatic heterocycles. The third-order valence-electron chi connectivity index (χ3n) is 3.06. The van der Waals surface area contributed by atoms with Crippen molar-refractivity contribution in [2.75, 3.05) is 20.1 Å². The van der Waals surface area contributed by atoms with E-state index in [4.69, 9.17) is 0 Å². The molecule has 0 aromatic rings. The second kappa shape index (κ2) is 5.38. The first kappa shape index (κ1) is 10.7. The van der Waals surface area contributed by atoms with Gasteiger partial charge in [-0.05, 0) is 45.3 Å². The van der Waals surface area contributed by atoms with Crippen molar-refractivity contribution in [1.29, 1.82) is 0 Å². The van der Waals surface area contributed by atoms with Crippen LogP contribution in [0.2, 0.25) is 0 Å². The van der Waals surface area contributed by atoms with Gasteiger partial charge in [0.2, 0.25) is 0 Å². The first-order chi connectivity index (χ1) is 6.22. The fourth-order valence-corrected chi connectivity index (χ4v) is 1.89. The average molecular weight is 183 g/mol. The van der Waals surface area contributed by atoms with Gasteiger partial charge in [0.1, 0.15) is 5.78 Å².